The van der Waals surface area contributed by atoms with Gasteiger partial charge in [0.1, 0.15) is 19.3 Å². The summed E-state index contributed by atoms with van der Waals surface area (Å²) in [5.41, 5.74) is 0. The van der Waals surface area contributed by atoms with Crippen LogP contribution in [0.3, 0.4) is 0 Å². The third-order valence-corrected chi connectivity index (χ3v) is 18.4. The predicted molar refractivity (Wildman–Crippen MR) is 363 cm³/mol. The summed E-state index contributed by atoms with van der Waals surface area (Å²) < 4.78 is 68.2. The Morgan fingerprint density at radius 1 is 0.300 bits per heavy atom. The fourth-order valence-corrected chi connectivity index (χ4v) is 12.3. The normalized spacial score (nSPS) is 14.1. The monoisotopic (exact) mass is 1320 g/mol. The molecule has 5 atom stereocenters. The summed E-state index contributed by atoms with van der Waals surface area (Å²) in [4.78, 5) is 72.4. The molecule has 0 aromatic heterocycles. The topological polar surface area (TPSA) is 237 Å². The molecule has 0 aliphatic heterocycles. The molecule has 0 aromatic rings. The second-order valence-electron chi connectivity index (χ2n) is 26.6. The van der Waals surface area contributed by atoms with Gasteiger partial charge in [0.15, 0.2) is 12.2 Å². The third-order valence-electron chi connectivity index (χ3n) is 16.5. The largest absolute Gasteiger partial charge is 0.472 e. The van der Waals surface area contributed by atoms with Crippen LogP contribution in [-0.2, 0) is 65.4 Å². The van der Waals surface area contributed by atoms with Crippen LogP contribution in [0.1, 0.15) is 363 Å². The molecule has 534 valence electrons. The molecule has 0 heterocycles. The lowest BCUT2D eigenvalue weighted by Crippen LogP contribution is -2.30. The Morgan fingerprint density at radius 2 is 0.511 bits per heavy atom. The van der Waals surface area contributed by atoms with Gasteiger partial charge in [-0.3, -0.25) is 37.3 Å². The fourth-order valence-electron chi connectivity index (χ4n) is 10.8. The Kier molecular flexibility index (Phi) is 61.8. The van der Waals surface area contributed by atoms with Crippen molar-refractivity contribution in [2.24, 2.45) is 11.8 Å². The lowest BCUT2D eigenvalue weighted by atomic mass is 10.0. The highest BCUT2D eigenvalue weighted by Gasteiger charge is 2.30. The summed E-state index contributed by atoms with van der Waals surface area (Å²) in [5.74, 6) is -0.681. The van der Waals surface area contributed by atoms with Gasteiger partial charge in [0.2, 0.25) is 0 Å². The molecule has 0 rings (SSSR count). The molecular weight excluding hydrogens is 1190 g/mol. The summed E-state index contributed by atoms with van der Waals surface area (Å²) in [7, 11) is -9.89. The second-order valence-corrected chi connectivity index (χ2v) is 29.5. The molecule has 0 aliphatic carbocycles. The number of carbonyl (C=O) groups excluding carboxylic acids is 4. The standard InChI is InChI=1S/C71H138O17P2/c1-7-9-11-13-15-16-17-18-19-20-21-22-23-24-29-32-36-43-49-55-70(75)87-66(60-82-69(74)54-48-42-35-31-28-26-25-27-30-34-39-45-51-63(3)4)61-85-89(77,78)83-57-65(72)58-84-90(79,80)86-62-67(59-81-68(73)53-47-41-33-14-12-10-8-2)88-71(76)56-50-44-38-37-40-46-52-64(5)6/h63-67,72H,7-62H2,1-6H3,(H,77,78)(H,79,80)/t65-,66-,67-/m1/s1. The highest BCUT2D eigenvalue weighted by Crippen LogP contribution is 2.45. The Balaban J connectivity index is 5.17. The number of ether oxygens (including phenoxy) is 4. The lowest BCUT2D eigenvalue weighted by molar-refractivity contribution is -0.161. The molecule has 3 N–H and O–H groups in total. The maximum absolute atomic E-state index is 13.0. The first kappa shape index (κ1) is 88.1. The number of hydrogen-bond donors (Lipinski definition) is 3. The Labute approximate surface area is 549 Å². The van der Waals surface area contributed by atoms with Crippen molar-refractivity contribution in [3.05, 3.63) is 0 Å². The number of carbonyl (C=O) groups is 4. The fraction of sp³-hybridized carbons (Fsp3) is 0.944. The van der Waals surface area contributed by atoms with E-state index in [1.807, 2.05) is 0 Å². The Morgan fingerprint density at radius 3 is 0.756 bits per heavy atom. The molecule has 0 spiro atoms. The van der Waals surface area contributed by atoms with Crippen LogP contribution in [0.2, 0.25) is 0 Å². The van der Waals surface area contributed by atoms with E-state index in [2.05, 4.69) is 41.5 Å². The maximum atomic E-state index is 13.0. The summed E-state index contributed by atoms with van der Waals surface area (Å²) in [6.45, 7) is 9.43. The van der Waals surface area contributed by atoms with Crippen LogP contribution in [0.4, 0.5) is 0 Å². The van der Waals surface area contributed by atoms with Crippen molar-refractivity contribution in [3.63, 3.8) is 0 Å². The van der Waals surface area contributed by atoms with Crippen LogP contribution in [0, 0.1) is 11.8 Å². The summed E-state index contributed by atoms with van der Waals surface area (Å²) in [6, 6.07) is 0. The first-order valence-corrected chi connectivity index (χ1v) is 40.0. The smallest absolute Gasteiger partial charge is 0.462 e. The van der Waals surface area contributed by atoms with E-state index in [0.717, 1.165) is 109 Å². The van der Waals surface area contributed by atoms with Crippen molar-refractivity contribution < 1.29 is 80.2 Å². The van der Waals surface area contributed by atoms with Gasteiger partial charge in [-0.2, -0.15) is 0 Å². The zero-order chi connectivity index (χ0) is 66.5. The van der Waals surface area contributed by atoms with Gasteiger partial charge in [0.05, 0.1) is 26.4 Å². The van der Waals surface area contributed by atoms with E-state index in [9.17, 15) is 43.2 Å². The molecular formula is C71H138O17P2. The van der Waals surface area contributed by atoms with E-state index in [1.165, 1.54) is 167 Å². The Hall–Kier alpha value is -1.94. The molecule has 0 bridgehead atoms. The van der Waals surface area contributed by atoms with Crippen molar-refractivity contribution in [2.45, 2.75) is 381 Å². The molecule has 0 amide bonds. The zero-order valence-corrected chi connectivity index (χ0v) is 60.2. The van der Waals surface area contributed by atoms with E-state index in [-0.39, 0.29) is 25.7 Å². The van der Waals surface area contributed by atoms with Gasteiger partial charge in [-0.25, -0.2) is 9.13 Å². The summed E-state index contributed by atoms with van der Waals surface area (Å²) in [5, 5.41) is 10.6. The number of rotatable bonds is 70. The molecule has 17 nitrogen and oxygen atoms in total. The van der Waals surface area contributed by atoms with Crippen LogP contribution in [0.25, 0.3) is 0 Å². The molecule has 0 aliphatic rings. The second kappa shape index (κ2) is 63.1. The molecule has 0 radical (unpaired) electrons. The molecule has 0 aromatic carbocycles. The first-order chi connectivity index (χ1) is 43.4. The highest BCUT2D eigenvalue weighted by molar-refractivity contribution is 7.47. The minimum atomic E-state index is -4.95. The van der Waals surface area contributed by atoms with E-state index in [4.69, 9.17) is 37.0 Å². The average Bonchev–Trinajstić information content (AvgIpc) is 3.68. The SMILES string of the molecule is CCCCCCCCCCCCCCCCCCCCCC(=O)O[C@H](COC(=O)CCCCCCCCCCCCCCC(C)C)COP(=O)(O)OC[C@@H](O)COP(=O)(O)OC[C@@H](COC(=O)CCCCCCCCC)OC(=O)CCCCCCCCC(C)C. The van der Waals surface area contributed by atoms with Crippen LogP contribution in [0.15, 0.2) is 0 Å². The van der Waals surface area contributed by atoms with Gasteiger partial charge in [-0.1, -0.05) is 311 Å². The van der Waals surface area contributed by atoms with Crippen molar-refractivity contribution in [1.82, 2.24) is 0 Å². The molecule has 2 unspecified atom stereocenters. The predicted octanol–water partition coefficient (Wildman–Crippen LogP) is 20.4. The highest BCUT2D eigenvalue weighted by atomic mass is 31.2. The Bertz CT molecular complexity index is 1750. The van der Waals surface area contributed by atoms with Crippen molar-refractivity contribution in [3.8, 4) is 0 Å². The summed E-state index contributed by atoms with van der Waals surface area (Å²) >= 11 is 0. The number of aliphatic hydroxyl groups is 1. The molecule has 0 fully saturated rings. The number of phosphoric ester groups is 2. The van der Waals surface area contributed by atoms with Crippen molar-refractivity contribution >= 4 is 39.5 Å². The quantitative estimate of drug-likeness (QED) is 0.0222. The van der Waals surface area contributed by atoms with Crippen molar-refractivity contribution in [2.75, 3.05) is 39.6 Å². The van der Waals surface area contributed by atoms with Gasteiger partial charge in [0, 0.05) is 25.7 Å². The van der Waals surface area contributed by atoms with Crippen molar-refractivity contribution in [1.29, 1.82) is 0 Å². The van der Waals surface area contributed by atoms with Crippen LogP contribution >= 0.6 is 15.6 Å². The molecule has 0 saturated carbocycles. The number of esters is 4. The minimum Gasteiger partial charge on any atom is -0.462 e. The van der Waals surface area contributed by atoms with E-state index >= 15 is 0 Å². The third kappa shape index (κ3) is 64.8. The van der Waals surface area contributed by atoms with Gasteiger partial charge < -0.3 is 33.8 Å². The summed E-state index contributed by atoms with van der Waals surface area (Å²) in [6.07, 6.45) is 49.0. The van der Waals surface area contributed by atoms with Gasteiger partial charge in [-0.15, -0.1) is 0 Å². The van der Waals surface area contributed by atoms with Gasteiger partial charge in [0.25, 0.3) is 0 Å². The van der Waals surface area contributed by atoms with E-state index in [0.29, 0.717) is 31.6 Å². The van der Waals surface area contributed by atoms with E-state index < -0.39 is 97.5 Å². The number of hydrogen-bond acceptors (Lipinski definition) is 15. The molecule has 19 heteroatoms. The van der Waals surface area contributed by atoms with Crippen LogP contribution in [-0.4, -0.2) is 96.7 Å². The zero-order valence-electron chi connectivity index (χ0n) is 58.4. The van der Waals surface area contributed by atoms with E-state index in [1.54, 1.807) is 0 Å². The maximum Gasteiger partial charge on any atom is 0.472 e. The number of unbranched alkanes of at least 4 members (excludes halogenated alkanes) is 40. The lowest BCUT2D eigenvalue weighted by Gasteiger charge is -2.21. The van der Waals surface area contributed by atoms with Gasteiger partial charge >= 0.3 is 39.5 Å². The van der Waals surface area contributed by atoms with Crippen LogP contribution in [0.5, 0.6) is 0 Å². The van der Waals surface area contributed by atoms with Crippen LogP contribution < -0.4 is 0 Å². The number of phosphoric acid groups is 2. The number of aliphatic hydroxyl groups excluding tert-OH is 1. The molecule has 90 heavy (non-hydrogen) atoms. The minimum absolute atomic E-state index is 0.102. The first-order valence-electron chi connectivity index (χ1n) is 37.0. The average molecular weight is 1330 g/mol. The molecule has 0 saturated heterocycles. The van der Waals surface area contributed by atoms with Gasteiger partial charge in [-0.05, 0) is 37.5 Å².